The number of halogens is 1. The largest absolute Gasteiger partial charge is 0.490 e. The molecule has 0 aromatic heterocycles. The molecule has 0 spiro atoms. The maximum atomic E-state index is 12.8. The van der Waals surface area contributed by atoms with Gasteiger partial charge in [0.25, 0.3) is 10.0 Å². The second-order valence-electron chi connectivity index (χ2n) is 8.19. The molecule has 1 unspecified atom stereocenters. The quantitative estimate of drug-likeness (QED) is 0.218. The molecule has 38 heavy (non-hydrogen) atoms. The van der Waals surface area contributed by atoms with Gasteiger partial charge in [0.2, 0.25) is 5.96 Å². The van der Waals surface area contributed by atoms with Crippen molar-refractivity contribution in [3.8, 4) is 5.75 Å². The SMILES string of the molecule is N/C(=N\S(=O)(=O)c1ccc(Cl)cc1)N1CC(O)(c2ccccc2)C(c2ccc(OC/C=C/C(=O)O)cc2)=N1. The fourth-order valence-electron chi connectivity index (χ4n) is 3.73. The molecule has 3 aromatic rings. The molecule has 4 N–H and O–H groups in total. The Morgan fingerprint density at radius 3 is 2.39 bits per heavy atom. The van der Waals surface area contributed by atoms with Crippen molar-refractivity contribution in [3.63, 3.8) is 0 Å². The van der Waals surface area contributed by atoms with E-state index in [0.717, 1.165) is 11.1 Å². The summed E-state index contributed by atoms with van der Waals surface area (Å²) in [5, 5.41) is 26.4. The zero-order valence-electron chi connectivity index (χ0n) is 19.8. The van der Waals surface area contributed by atoms with Crippen molar-refractivity contribution in [1.29, 1.82) is 0 Å². The second-order valence-corrected chi connectivity index (χ2v) is 10.2. The number of carboxylic acid groups (broad SMARTS) is 1. The predicted molar refractivity (Wildman–Crippen MR) is 143 cm³/mol. The summed E-state index contributed by atoms with van der Waals surface area (Å²) < 4.78 is 34.8. The number of nitrogens with zero attached hydrogens (tertiary/aromatic N) is 3. The molecule has 0 saturated carbocycles. The summed E-state index contributed by atoms with van der Waals surface area (Å²) in [5.41, 5.74) is 5.70. The maximum Gasteiger partial charge on any atom is 0.328 e. The molecule has 0 radical (unpaired) electrons. The molecule has 10 nitrogen and oxygen atoms in total. The number of hydrogen-bond donors (Lipinski definition) is 3. The summed E-state index contributed by atoms with van der Waals surface area (Å²) in [6.07, 6.45) is 2.35. The standard InChI is InChI=1S/C26H23ClN4O6S/c27-20-10-14-22(15-11-20)38(35,36)30-25(28)31-17-26(34,19-5-2-1-3-6-19)24(29-31)18-8-12-21(13-9-18)37-16-4-7-23(32)33/h1-15,34H,16-17H2,(H2,28,30)(H,32,33)/b7-4+. The summed E-state index contributed by atoms with van der Waals surface area (Å²) >= 11 is 5.85. The number of ether oxygens (including phenoxy) is 1. The number of sulfonamides is 1. The molecule has 0 fully saturated rings. The van der Waals surface area contributed by atoms with Crippen LogP contribution in [0.1, 0.15) is 11.1 Å². The van der Waals surface area contributed by atoms with Gasteiger partial charge in [-0.05, 0) is 60.2 Å². The van der Waals surface area contributed by atoms with Gasteiger partial charge in [0.1, 0.15) is 18.1 Å². The van der Waals surface area contributed by atoms with Crippen LogP contribution < -0.4 is 10.5 Å². The fourth-order valence-corrected chi connectivity index (χ4v) is 4.78. The van der Waals surface area contributed by atoms with Crippen molar-refractivity contribution in [2.45, 2.75) is 10.5 Å². The Hall–Kier alpha value is -4.19. The zero-order chi connectivity index (χ0) is 27.3. The Kier molecular flexibility index (Phi) is 7.81. The first kappa shape index (κ1) is 26.9. The van der Waals surface area contributed by atoms with Gasteiger partial charge in [-0.2, -0.15) is 13.5 Å². The average molecular weight is 555 g/mol. The van der Waals surface area contributed by atoms with Gasteiger partial charge >= 0.3 is 5.97 Å². The van der Waals surface area contributed by atoms with Crippen molar-refractivity contribution in [1.82, 2.24) is 5.01 Å². The van der Waals surface area contributed by atoms with Crippen molar-refractivity contribution in [3.05, 3.63) is 107 Å². The lowest BCUT2D eigenvalue weighted by Gasteiger charge is -2.25. The van der Waals surface area contributed by atoms with Crippen LogP contribution in [0.25, 0.3) is 0 Å². The van der Waals surface area contributed by atoms with Crippen molar-refractivity contribution < 1.29 is 28.2 Å². The molecule has 1 aliphatic rings. The van der Waals surface area contributed by atoms with E-state index in [9.17, 15) is 18.3 Å². The third kappa shape index (κ3) is 6.02. The third-order valence-corrected chi connectivity index (χ3v) is 7.11. The minimum absolute atomic E-state index is 0.0589. The molecular weight excluding hydrogens is 532 g/mol. The highest BCUT2D eigenvalue weighted by atomic mass is 35.5. The molecule has 0 amide bonds. The molecule has 3 aromatic carbocycles. The van der Waals surface area contributed by atoms with Gasteiger partial charge in [-0.15, -0.1) is 4.40 Å². The van der Waals surface area contributed by atoms with Crippen LogP contribution >= 0.6 is 11.6 Å². The van der Waals surface area contributed by atoms with Gasteiger partial charge in [0.05, 0.1) is 11.4 Å². The van der Waals surface area contributed by atoms with Crippen molar-refractivity contribution in [2.24, 2.45) is 15.2 Å². The molecular formula is C26H23ClN4O6S. The number of nitrogens with two attached hydrogens (primary N) is 1. The number of aliphatic carboxylic acids is 1. The number of carboxylic acids is 1. The van der Waals surface area contributed by atoms with Crippen LogP contribution in [-0.2, 0) is 20.4 Å². The first-order valence-corrected chi connectivity index (χ1v) is 13.0. The van der Waals surface area contributed by atoms with E-state index in [2.05, 4.69) is 9.50 Å². The van der Waals surface area contributed by atoms with Crippen LogP contribution in [0, 0.1) is 0 Å². The highest BCUT2D eigenvalue weighted by Gasteiger charge is 2.44. The number of rotatable bonds is 8. The number of hydrazone groups is 1. The smallest absolute Gasteiger partial charge is 0.328 e. The first-order chi connectivity index (χ1) is 18.1. The minimum atomic E-state index is -4.17. The van der Waals surface area contributed by atoms with Gasteiger partial charge in [-0.1, -0.05) is 41.9 Å². The van der Waals surface area contributed by atoms with E-state index in [-0.39, 0.29) is 23.8 Å². The van der Waals surface area contributed by atoms with E-state index in [0.29, 0.717) is 21.9 Å². The van der Waals surface area contributed by atoms with Gasteiger partial charge in [-0.25, -0.2) is 9.80 Å². The lowest BCUT2D eigenvalue weighted by Crippen LogP contribution is -2.42. The molecule has 0 aliphatic carbocycles. The first-order valence-electron chi connectivity index (χ1n) is 11.2. The van der Waals surface area contributed by atoms with Gasteiger partial charge in [0.15, 0.2) is 5.60 Å². The highest BCUT2D eigenvalue weighted by Crippen LogP contribution is 2.33. The van der Waals surface area contributed by atoms with Crippen molar-refractivity contribution >= 4 is 39.3 Å². The number of benzene rings is 3. The number of guanidine groups is 1. The van der Waals surface area contributed by atoms with E-state index >= 15 is 0 Å². The maximum absolute atomic E-state index is 12.8. The molecule has 1 aliphatic heterocycles. The Morgan fingerprint density at radius 1 is 1.11 bits per heavy atom. The number of aliphatic hydroxyl groups is 1. The van der Waals surface area contributed by atoms with E-state index in [1.54, 1.807) is 54.6 Å². The third-order valence-electron chi connectivity index (χ3n) is 5.57. The van der Waals surface area contributed by atoms with E-state index in [1.807, 2.05) is 0 Å². The highest BCUT2D eigenvalue weighted by molar-refractivity contribution is 7.90. The molecule has 1 heterocycles. The molecule has 0 saturated heterocycles. The summed E-state index contributed by atoms with van der Waals surface area (Å²) in [4.78, 5) is 10.5. The van der Waals surface area contributed by atoms with Gasteiger partial charge in [-0.3, -0.25) is 0 Å². The molecule has 12 heteroatoms. The Morgan fingerprint density at radius 2 is 1.76 bits per heavy atom. The molecule has 1 atom stereocenters. The Labute approximate surface area is 224 Å². The van der Waals surface area contributed by atoms with E-state index in [1.165, 1.54) is 30.3 Å². The zero-order valence-corrected chi connectivity index (χ0v) is 21.4. The van der Waals surface area contributed by atoms with Crippen LogP contribution in [0.15, 0.2) is 105 Å². The summed E-state index contributed by atoms with van der Waals surface area (Å²) in [5.74, 6) is -1.02. The lowest BCUT2D eigenvalue weighted by atomic mass is 9.86. The van der Waals surface area contributed by atoms with Crippen LogP contribution in [0.2, 0.25) is 5.02 Å². The average Bonchev–Trinajstić information content (AvgIpc) is 3.26. The van der Waals surface area contributed by atoms with Crippen LogP contribution in [0.5, 0.6) is 5.75 Å². The number of hydrogen-bond acceptors (Lipinski definition) is 6. The van der Waals surface area contributed by atoms with Crippen molar-refractivity contribution in [2.75, 3.05) is 13.2 Å². The van der Waals surface area contributed by atoms with Crippen LogP contribution in [-0.4, -0.2) is 54.4 Å². The molecule has 196 valence electrons. The topological polar surface area (TPSA) is 155 Å². The van der Waals surface area contributed by atoms with E-state index in [4.69, 9.17) is 27.2 Å². The normalized spacial score (nSPS) is 18.0. The minimum Gasteiger partial charge on any atom is -0.490 e. The number of carbonyl (C=O) groups is 1. The Balaban J connectivity index is 1.66. The summed E-state index contributed by atoms with van der Waals surface area (Å²) in [6.45, 7) is -0.126. The summed E-state index contributed by atoms with van der Waals surface area (Å²) in [7, 11) is -4.17. The van der Waals surface area contributed by atoms with Gasteiger partial charge in [0, 0.05) is 16.7 Å². The van der Waals surface area contributed by atoms with Crippen LogP contribution in [0.3, 0.4) is 0 Å². The van der Waals surface area contributed by atoms with Crippen LogP contribution in [0.4, 0.5) is 0 Å². The van der Waals surface area contributed by atoms with Gasteiger partial charge < -0.3 is 20.7 Å². The fraction of sp³-hybridized carbons (Fsp3) is 0.115. The number of β-amino-alcohol motifs (C(OH)–C–C–N with tert-alkyl or cyclic N) is 1. The second kappa shape index (κ2) is 11.1. The molecule has 0 bridgehead atoms. The lowest BCUT2D eigenvalue weighted by molar-refractivity contribution is -0.131. The monoisotopic (exact) mass is 554 g/mol. The predicted octanol–water partition coefficient (Wildman–Crippen LogP) is 2.97. The Bertz CT molecular complexity index is 1510. The summed E-state index contributed by atoms with van der Waals surface area (Å²) in [6, 6.07) is 20.9. The van der Waals surface area contributed by atoms with E-state index < -0.39 is 27.6 Å². The molecule has 4 rings (SSSR count).